The first-order valence-electron chi connectivity index (χ1n) is 6.43. The van der Waals surface area contributed by atoms with Crippen LogP contribution in [-0.2, 0) is 6.42 Å². The molecule has 19 heavy (non-hydrogen) atoms. The number of nitrogens with one attached hydrogen (secondary N) is 1. The van der Waals surface area contributed by atoms with E-state index in [0.717, 1.165) is 23.1 Å². The maximum atomic E-state index is 4.58. The topological polar surface area (TPSA) is 37.8 Å². The highest BCUT2D eigenvalue weighted by Gasteiger charge is 2.06. The van der Waals surface area contributed by atoms with Crippen LogP contribution in [0, 0.1) is 13.8 Å². The second-order valence-electron chi connectivity index (χ2n) is 4.48. The van der Waals surface area contributed by atoms with Crippen LogP contribution in [-0.4, -0.2) is 17.0 Å². The van der Waals surface area contributed by atoms with Crippen LogP contribution in [0.4, 0.5) is 5.82 Å². The number of nitrogens with zero attached hydrogens (tertiary/aromatic N) is 2. The summed E-state index contributed by atoms with van der Waals surface area (Å²) in [6.45, 7) is 6.31. The fourth-order valence-corrected chi connectivity index (χ4v) is 2.76. The second-order valence-corrected chi connectivity index (χ2v) is 5.54. The molecule has 0 radical (unpaired) electrons. The SMILES string of the molecule is CCc1nc(NC)cc(Sc2cc(C)ccc2C)n1. The second kappa shape index (κ2) is 6.06. The molecule has 1 aromatic carbocycles. The van der Waals surface area contributed by atoms with E-state index < -0.39 is 0 Å². The summed E-state index contributed by atoms with van der Waals surface area (Å²) < 4.78 is 0. The summed E-state index contributed by atoms with van der Waals surface area (Å²) in [6.07, 6.45) is 0.843. The third kappa shape index (κ3) is 3.47. The summed E-state index contributed by atoms with van der Waals surface area (Å²) in [4.78, 5) is 10.2. The standard InChI is InChI=1S/C15H19N3S/c1-5-13-17-14(16-4)9-15(18-13)19-12-8-10(2)6-7-11(12)3/h6-9H,5H2,1-4H3,(H,16,17,18). The molecule has 0 bridgehead atoms. The summed E-state index contributed by atoms with van der Waals surface area (Å²) >= 11 is 1.70. The number of anilines is 1. The average molecular weight is 273 g/mol. The molecule has 0 fully saturated rings. The normalized spacial score (nSPS) is 10.5. The largest absolute Gasteiger partial charge is 0.373 e. The van der Waals surface area contributed by atoms with E-state index in [1.165, 1.54) is 16.0 Å². The minimum absolute atomic E-state index is 0.843. The fourth-order valence-electron chi connectivity index (χ4n) is 1.74. The highest BCUT2D eigenvalue weighted by molar-refractivity contribution is 7.99. The first-order valence-corrected chi connectivity index (χ1v) is 7.25. The van der Waals surface area contributed by atoms with E-state index in [2.05, 4.69) is 54.3 Å². The average Bonchev–Trinajstić information content (AvgIpc) is 2.42. The Morgan fingerprint density at radius 3 is 2.63 bits per heavy atom. The predicted molar refractivity (Wildman–Crippen MR) is 81.0 cm³/mol. The van der Waals surface area contributed by atoms with Crippen LogP contribution < -0.4 is 5.32 Å². The summed E-state index contributed by atoms with van der Waals surface area (Å²) in [5, 5.41) is 4.08. The van der Waals surface area contributed by atoms with Gasteiger partial charge in [-0.1, -0.05) is 30.8 Å². The van der Waals surface area contributed by atoms with Crippen molar-refractivity contribution in [3.8, 4) is 0 Å². The molecule has 0 aliphatic rings. The molecule has 2 rings (SSSR count). The molecular formula is C15H19N3S. The van der Waals surface area contributed by atoms with E-state index in [4.69, 9.17) is 0 Å². The fraction of sp³-hybridized carbons (Fsp3) is 0.333. The molecule has 2 aromatic rings. The molecule has 0 spiro atoms. The van der Waals surface area contributed by atoms with E-state index in [0.29, 0.717) is 0 Å². The van der Waals surface area contributed by atoms with Crippen molar-refractivity contribution >= 4 is 17.6 Å². The first kappa shape index (κ1) is 13.9. The van der Waals surface area contributed by atoms with Crippen LogP contribution in [0.2, 0.25) is 0 Å². The van der Waals surface area contributed by atoms with Crippen molar-refractivity contribution in [1.29, 1.82) is 0 Å². The number of aromatic nitrogens is 2. The van der Waals surface area contributed by atoms with Gasteiger partial charge in [-0.05, 0) is 31.0 Å². The van der Waals surface area contributed by atoms with Crippen LogP contribution in [0.15, 0.2) is 34.2 Å². The molecule has 1 aromatic heterocycles. The van der Waals surface area contributed by atoms with Gasteiger partial charge in [0.2, 0.25) is 0 Å². The highest BCUT2D eigenvalue weighted by Crippen LogP contribution is 2.30. The summed E-state index contributed by atoms with van der Waals surface area (Å²) in [6, 6.07) is 8.48. The lowest BCUT2D eigenvalue weighted by molar-refractivity contribution is 0.891. The Labute approximate surface area is 118 Å². The lowest BCUT2D eigenvalue weighted by Crippen LogP contribution is -2.00. The van der Waals surface area contributed by atoms with Gasteiger partial charge in [-0.15, -0.1) is 0 Å². The molecule has 0 aliphatic carbocycles. The number of hydrogen-bond acceptors (Lipinski definition) is 4. The van der Waals surface area contributed by atoms with Gasteiger partial charge in [-0.25, -0.2) is 9.97 Å². The number of rotatable bonds is 4. The lowest BCUT2D eigenvalue weighted by atomic mass is 10.2. The molecular weight excluding hydrogens is 254 g/mol. The monoisotopic (exact) mass is 273 g/mol. The van der Waals surface area contributed by atoms with E-state index in [1.54, 1.807) is 11.8 Å². The molecule has 0 saturated carbocycles. The molecule has 1 N–H and O–H groups in total. The van der Waals surface area contributed by atoms with Gasteiger partial charge in [-0.3, -0.25) is 0 Å². The van der Waals surface area contributed by atoms with Crippen molar-refractivity contribution in [1.82, 2.24) is 9.97 Å². The van der Waals surface area contributed by atoms with Crippen LogP contribution in [0.25, 0.3) is 0 Å². The van der Waals surface area contributed by atoms with Gasteiger partial charge >= 0.3 is 0 Å². The van der Waals surface area contributed by atoms with Gasteiger partial charge < -0.3 is 5.32 Å². The smallest absolute Gasteiger partial charge is 0.131 e. The first-order chi connectivity index (χ1) is 9.12. The highest BCUT2D eigenvalue weighted by atomic mass is 32.2. The zero-order chi connectivity index (χ0) is 13.8. The van der Waals surface area contributed by atoms with Crippen molar-refractivity contribution in [2.24, 2.45) is 0 Å². The van der Waals surface area contributed by atoms with Crippen molar-refractivity contribution < 1.29 is 0 Å². The maximum absolute atomic E-state index is 4.58. The lowest BCUT2D eigenvalue weighted by Gasteiger charge is -2.09. The predicted octanol–water partition coefficient (Wildman–Crippen LogP) is 3.85. The number of aryl methyl sites for hydroxylation is 3. The molecule has 0 aliphatic heterocycles. The Bertz CT molecular complexity index is 559. The molecule has 4 heteroatoms. The minimum atomic E-state index is 0.843. The molecule has 100 valence electrons. The Kier molecular flexibility index (Phi) is 4.43. The quantitative estimate of drug-likeness (QED) is 0.859. The molecule has 0 amide bonds. The van der Waals surface area contributed by atoms with Crippen molar-refractivity contribution in [3.63, 3.8) is 0 Å². The Hall–Kier alpha value is -1.55. The maximum Gasteiger partial charge on any atom is 0.131 e. The van der Waals surface area contributed by atoms with Crippen LogP contribution in [0.5, 0.6) is 0 Å². The van der Waals surface area contributed by atoms with E-state index in [1.807, 2.05) is 13.1 Å². The molecule has 1 heterocycles. The zero-order valence-corrected chi connectivity index (χ0v) is 12.6. The van der Waals surface area contributed by atoms with E-state index >= 15 is 0 Å². The molecule has 0 unspecified atom stereocenters. The third-order valence-corrected chi connectivity index (χ3v) is 3.96. The van der Waals surface area contributed by atoms with Crippen molar-refractivity contribution in [2.45, 2.75) is 37.1 Å². The molecule has 0 saturated heterocycles. The van der Waals surface area contributed by atoms with E-state index in [9.17, 15) is 0 Å². The van der Waals surface area contributed by atoms with Gasteiger partial charge in [-0.2, -0.15) is 0 Å². The number of benzene rings is 1. The summed E-state index contributed by atoms with van der Waals surface area (Å²) in [7, 11) is 1.88. The van der Waals surface area contributed by atoms with Gasteiger partial charge in [0.1, 0.15) is 16.7 Å². The number of hydrogen-bond donors (Lipinski definition) is 1. The molecule has 3 nitrogen and oxygen atoms in total. The zero-order valence-electron chi connectivity index (χ0n) is 11.8. The van der Waals surface area contributed by atoms with Crippen LogP contribution >= 0.6 is 11.8 Å². The van der Waals surface area contributed by atoms with Crippen molar-refractivity contribution in [2.75, 3.05) is 12.4 Å². The summed E-state index contributed by atoms with van der Waals surface area (Å²) in [5.74, 6) is 1.75. The van der Waals surface area contributed by atoms with E-state index in [-0.39, 0.29) is 0 Å². The van der Waals surface area contributed by atoms with Crippen molar-refractivity contribution in [3.05, 3.63) is 41.2 Å². The summed E-state index contributed by atoms with van der Waals surface area (Å²) in [5.41, 5.74) is 2.55. The minimum Gasteiger partial charge on any atom is -0.373 e. The van der Waals surface area contributed by atoms with Crippen LogP contribution in [0.3, 0.4) is 0 Å². The third-order valence-electron chi connectivity index (χ3n) is 2.88. The van der Waals surface area contributed by atoms with Gasteiger partial charge in [0.25, 0.3) is 0 Å². The van der Waals surface area contributed by atoms with Crippen LogP contribution in [0.1, 0.15) is 23.9 Å². The Balaban J connectivity index is 2.34. The van der Waals surface area contributed by atoms with Gasteiger partial charge in [0, 0.05) is 24.4 Å². The van der Waals surface area contributed by atoms with Gasteiger partial charge in [0.05, 0.1) is 0 Å². The van der Waals surface area contributed by atoms with Gasteiger partial charge in [0.15, 0.2) is 0 Å². The Morgan fingerprint density at radius 1 is 1.16 bits per heavy atom. The molecule has 0 atom stereocenters. The Morgan fingerprint density at radius 2 is 1.95 bits per heavy atom.